The molecular formula is C21H21N3O4. The molecule has 144 valence electrons. The highest BCUT2D eigenvalue weighted by Gasteiger charge is 2.38. The first-order chi connectivity index (χ1) is 13.5. The highest BCUT2D eigenvalue weighted by molar-refractivity contribution is 6.00. The number of oxazole rings is 1. The highest BCUT2D eigenvalue weighted by atomic mass is 16.4. The van der Waals surface area contributed by atoms with Crippen molar-refractivity contribution in [3.63, 3.8) is 0 Å². The molecule has 7 heteroatoms. The number of aromatic nitrogens is 1. The van der Waals surface area contributed by atoms with Gasteiger partial charge in [0.05, 0.1) is 5.56 Å². The van der Waals surface area contributed by atoms with Gasteiger partial charge in [0.1, 0.15) is 11.6 Å². The van der Waals surface area contributed by atoms with E-state index in [-0.39, 0.29) is 23.5 Å². The first-order valence-electron chi connectivity index (χ1n) is 9.19. The van der Waals surface area contributed by atoms with Gasteiger partial charge in [-0.1, -0.05) is 36.4 Å². The number of nitrogens with zero attached hydrogens (tertiary/aromatic N) is 3. The summed E-state index contributed by atoms with van der Waals surface area (Å²) in [5.41, 5.74) is 1.86. The number of fused-ring (bicyclic) bond motifs is 1. The molecule has 3 aromatic rings. The van der Waals surface area contributed by atoms with Crippen molar-refractivity contribution in [2.24, 2.45) is 0 Å². The number of hydrogen-bond acceptors (Lipinski definition) is 5. The Balaban J connectivity index is 1.63. The molecule has 1 amide bonds. The third kappa shape index (κ3) is 3.09. The van der Waals surface area contributed by atoms with Gasteiger partial charge in [0.15, 0.2) is 5.58 Å². The Morgan fingerprint density at radius 2 is 1.93 bits per heavy atom. The molecule has 0 bridgehead atoms. The molecule has 0 saturated carbocycles. The third-order valence-corrected chi connectivity index (χ3v) is 5.12. The summed E-state index contributed by atoms with van der Waals surface area (Å²) in [7, 11) is 0. The Bertz CT molecular complexity index is 1030. The van der Waals surface area contributed by atoms with Crippen LogP contribution in [0.4, 0.5) is 6.01 Å². The molecule has 1 aliphatic heterocycles. The fourth-order valence-corrected chi connectivity index (χ4v) is 3.78. The number of piperazine rings is 1. The predicted molar refractivity (Wildman–Crippen MR) is 104 cm³/mol. The molecular weight excluding hydrogens is 358 g/mol. The maximum atomic E-state index is 13.0. The van der Waals surface area contributed by atoms with Crippen molar-refractivity contribution in [1.29, 1.82) is 0 Å². The zero-order valence-electron chi connectivity index (χ0n) is 15.7. The molecule has 0 spiro atoms. The van der Waals surface area contributed by atoms with E-state index in [9.17, 15) is 14.7 Å². The number of carbonyl (C=O) groups excluding carboxylic acids is 1. The monoisotopic (exact) mass is 379 g/mol. The Morgan fingerprint density at radius 1 is 1.18 bits per heavy atom. The smallest absolute Gasteiger partial charge is 0.338 e. The summed E-state index contributed by atoms with van der Waals surface area (Å²) < 4.78 is 5.82. The lowest BCUT2D eigenvalue weighted by atomic mass is 10.1. The number of aromatic carboxylic acids is 1. The number of rotatable bonds is 4. The number of carboxylic acids is 1. The number of amides is 1. The van der Waals surface area contributed by atoms with E-state index in [4.69, 9.17) is 4.42 Å². The summed E-state index contributed by atoms with van der Waals surface area (Å²) in [6, 6.07) is 14.5. The SMILES string of the molecule is C[C@H]1CN(Cc2ccccc2)C(=O)[C@H](C)N1c1nc2c(C(=O)O)cccc2o1. The Morgan fingerprint density at radius 3 is 2.64 bits per heavy atom. The fourth-order valence-electron chi connectivity index (χ4n) is 3.78. The largest absolute Gasteiger partial charge is 0.478 e. The van der Waals surface area contributed by atoms with Crippen LogP contribution in [-0.4, -0.2) is 45.5 Å². The van der Waals surface area contributed by atoms with Crippen LogP contribution >= 0.6 is 0 Å². The van der Waals surface area contributed by atoms with Crippen LogP contribution in [0.3, 0.4) is 0 Å². The number of anilines is 1. The minimum absolute atomic E-state index is 0.0114. The average Bonchev–Trinajstić information content (AvgIpc) is 3.10. The molecule has 1 saturated heterocycles. The fraction of sp³-hybridized carbons (Fsp3) is 0.286. The lowest BCUT2D eigenvalue weighted by Gasteiger charge is -2.42. The van der Waals surface area contributed by atoms with Crippen LogP contribution in [0.2, 0.25) is 0 Å². The van der Waals surface area contributed by atoms with Gasteiger partial charge >= 0.3 is 5.97 Å². The van der Waals surface area contributed by atoms with E-state index in [0.717, 1.165) is 5.56 Å². The van der Waals surface area contributed by atoms with Gasteiger partial charge in [-0.15, -0.1) is 0 Å². The minimum atomic E-state index is -1.06. The van der Waals surface area contributed by atoms with Crippen LogP contribution in [-0.2, 0) is 11.3 Å². The zero-order chi connectivity index (χ0) is 19.8. The standard InChI is InChI=1S/C21H21N3O4/c1-13-11-23(12-15-7-4-3-5-8-15)19(25)14(2)24(13)21-22-18-16(20(26)27)9-6-10-17(18)28-21/h3-10,13-14H,11-12H2,1-2H3,(H,26,27)/t13-,14-/m0/s1. The molecule has 1 N–H and O–H groups in total. The molecule has 1 fully saturated rings. The van der Waals surface area contributed by atoms with Gasteiger partial charge in [-0.25, -0.2) is 4.79 Å². The Kier molecular flexibility index (Phi) is 4.50. The van der Waals surface area contributed by atoms with Crippen molar-refractivity contribution in [3.05, 3.63) is 59.7 Å². The van der Waals surface area contributed by atoms with Crippen LogP contribution < -0.4 is 4.90 Å². The second-order valence-electron chi connectivity index (χ2n) is 7.09. The number of carboxylic acid groups (broad SMARTS) is 1. The van der Waals surface area contributed by atoms with Gasteiger partial charge in [0.2, 0.25) is 5.91 Å². The Labute approximate surface area is 162 Å². The van der Waals surface area contributed by atoms with Crippen molar-refractivity contribution < 1.29 is 19.1 Å². The number of para-hydroxylation sites is 1. The molecule has 1 aliphatic rings. The van der Waals surface area contributed by atoms with Crippen molar-refractivity contribution in [3.8, 4) is 0 Å². The van der Waals surface area contributed by atoms with E-state index in [1.54, 1.807) is 12.1 Å². The van der Waals surface area contributed by atoms with Crippen LogP contribution in [0, 0.1) is 0 Å². The van der Waals surface area contributed by atoms with E-state index < -0.39 is 12.0 Å². The lowest BCUT2D eigenvalue weighted by molar-refractivity contribution is -0.135. The van der Waals surface area contributed by atoms with E-state index in [2.05, 4.69) is 4.98 Å². The number of carbonyl (C=O) groups is 2. The van der Waals surface area contributed by atoms with E-state index in [1.165, 1.54) is 6.07 Å². The van der Waals surface area contributed by atoms with Crippen LogP contribution in [0.25, 0.3) is 11.1 Å². The van der Waals surface area contributed by atoms with Gasteiger partial charge in [-0.2, -0.15) is 4.98 Å². The van der Waals surface area contributed by atoms with Gasteiger partial charge in [-0.3, -0.25) is 4.79 Å². The Hall–Kier alpha value is -3.35. The van der Waals surface area contributed by atoms with Crippen LogP contribution in [0.5, 0.6) is 0 Å². The summed E-state index contributed by atoms with van der Waals surface area (Å²) in [4.78, 5) is 32.5. The summed E-state index contributed by atoms with van der Waals surface area (Å²) >= 11 is 0. The van der Waals surface area contributed by atoms with E-state index in [0.29, 0.717) is 24.2 Å². The predicted octanol–water partition coefficient (Wildman–Crippen LogP) is 3.15. The summed E-state index contributed by atoms with van der Waals surface area (Å²) in [5.74, 6) is -1.07. The average molecular weight is 379 g/mol. The molecule has 2 heterocycles. The van der Waals surface area contributed by atoms with Gasteiger partial charge in [0, 0.05) is 19.1 Å². The molecule has 4 rings (SSSR count). The highest BCUT2D eigenvalue weighted by Crippen LogP contribution is 2.30. The normalized spacial score (nSPS) is 20.0. The van der Waals surface area contributed by atoms with E-state index >= 15 is 0 Å². The first kappa shape index (κ1) is 18.0. The summed E-state index contributed by atoms with van der Waals surface area (Å²) in [5, 5.41) is 9.37. The second-order valence-corrected chi connectivity index (χ2v) is 7.09. The molecule has 2 atom stereocenters. The number of hydrogen-bond donors (Lipinski definition) is 1. The molecule has 0 aliphatic carbocycles. The topological polar surface area (TPSA) is 86.9 Å². The van der Waals surface area contributed by atoms with Gasteiger partial charge < -0.3 is 19.3 Å². The summed E-state index contributed by atoms with van der Waals surface area (Å²) in [6.45, 7) is 4.92. The van der Waals surface area contributed by atoms with Crippen molar-refractivity contribution in [2.75, 3.05) is 11.4 Å². The summed E-state index contributed by atoms with van der Waals surface area (Å²) in [6.07, 6.45) is 0. The second kappa shape index (κ2) is 6.99. The van der Waals surface area contributed by atoms with Gasteiger partial charge in [-0.05, 0) is 31.5 Å². The number of benzene rings is 2. The molecule has 0 unspecified atom stereocenters. The van der Waals surface area contributed by atoms with E-state index in [1.807, 2.05) is 54.0 Å². The minimum Gasteiger partial charge on any atom is -0.478 e. The molecule has 2 aromatic carbocycles. The molecule has 28 heavy (non-hydrogen) atoms. The molecule has 1 aromatic heterocycles. The quantitative estimate of drug-likeness (QED) is 0.749. The third-order valence-electron chi connectivity index (χ3n) is 5.12. The molecule has 0 radical (unpaired) electrons. The van der Waals surface area contributed by atoms with Gasteiger partial charge in [0.25, 0.3) is 6.01 Å². The van der Waals surface area contributed by atoms with Crippen molar-refractivity contribution in [2.45, 2.75) is 32.5 Å². The zero-order valence-corrected chi connectivity index (χ0v) is 15.7. The van der Waals surface area contributed by atoms with Crippen LogP contribution in [0.15, 0.2) is 52.9 Å². The lowest BCUT2D eigenvalue weighted by Crippen LogP contribution is -2.60. The molecule has 7 nitrogen and oxygen atoms in total. The maximum Gasteiger partial charge on any atom is 0.338 e. The van der Waals surface area contributed by atoms with Crippen molar-refractivity contribution >= 4 is 29.0 Å². The van der Waals surface area contributed by atoms with Crippen LogP contribution in [0.1, 0.15) is 29.8 Å². The van der Waals surface area contributed by atoms with Crippen molar-refractivity contribution in [1.82, 2.24) is 9.88 Å². The maximum absolute atomic E-state index is 13.0. The first-order valence-corrected chi connectivity index (χ1v) is 9.19.